The molecule has 0 unspecified atom stereocenters. The molecule has 1 fully saturated rings. The van der Waals surface area contributed by atoms with Crippen LogP contribution in [0, 0.1) is 0 Å². The molecule has 0 spiro atoms. The Hall–Kier alpha value is -1.19. The summed E-state index contributed by atoms with van der Waals surface area (Å²) in [5.41, 5.74) is 5.04. The lowest BCUT2D eigenvalue weighted by molar-refractivity contribution is -0.134. The van der Waals surface area contributed by atoms with Gasteiger partial charge in [-0.15, -0.1) is 0 Å². The van der Waals surface area contributed by atoms with Crippen molar-refractivity contribution in [2.45, 2.75) is 44.3 Å². The topological polar surface area (TPSA) is 121 Å². The number of unbranched alkanes of at least 4 members (excludes halogenated alkanes) is 1. The summed E-state index contributed by atoms with van der Waals surface area (Å²) >= 11 is 0. The van der Waals surface area contributed by atoms with Gasteiger partial charge in [-0.3, -0.25) is 4.79 Å². The second-order valence-electron chi connectivity index (χ2n) is 5.45. The highest BCUT2D eigenvalue weighted by Gasteiger charge is 2.15. The van der Waals surface area contributed by atoms with Crippen molar-refractivity contribution in [1.29, 1.82) is 0 Å². The third-order valence-electron chi connectivity index (χ3n) is 2.93. The molecule has 1 rings (SSSR count). The Labute approximate surface area is 157 Å². The standard InChI is InChI=1S/C8H15NOS2.C4H11N.C4H4O4/c9-8(10)4-2-1-3-7-5-6-11-12-7;1-4-5(2)3;5-3(6)1-2-4(7)8/h7H,1-6H2,(H2,9,10);4H2,1-3H3;1-2H,(H,5,6)(H,7,8)/b;;2-1-/t7-;;/m1../s1. The molecule has 9 heteroatoms. The minimum absolute atomic E-state index is 0.163. The zero-order chi connectivity index (χ0) is 19.7. The average Bonchev–Trinajstić information content (AvgIpc) is 3.04. The molecule has 0 aromatic rings. The van der Waals surface area contributed by atoms with Crippen molar-refractivity contribution < 1.29 is 24.6 Å². The van der Waals surface area contributed by atoms with E-state index < -0.39 is 11.9 Å². The fourth-order valence-electron chi connectivity index (χ4n) is 1.38. The molecule has 0 aliphatic carbocycles. The van der Waals surface area contributed by atoms with Gasteiger partial charge in [0.2, 0.25) is 5.91 Å². The Morgan fingerprint density at radius 3 is 2.00 bits per heavy atom. The molecule has 0 aromatic carbocycles. The third-order valence-corrected chi connectivity index (χ3v) is 5.93. The van der Waals surface area contributed by atoms with E-state index in [0.717, 1.165) is 24.6 Å². The van der Waals surface area contributed by atoms with Gasteiger partial charge in [-0.25, -0.2) is 9.59 Å². The summed E-state index contributed by atoms with van der Waals surface area (Å²) < 4.78 is 0. The van der Waals surface area contributed by atoms with E-state index in [1.165, 1.54) is 18.6 Å². The number of hydrogen-bond donors (Lipinski definition) is 3. The van der Waals surface area contributed by atoms with E-state index in [-0.39, 0.29) is 5.91 Å². The van der Waals surface area contributed by atoms with E-state index >= 15 is 0 Å². The molecule has 7 nitrogen and oxygen atoms in total. The van der Waals surface area contributed by atoms with Crippen molar-refractivity contribution in [3.8, 4) is 0 Å². The molecule has 1 aliphatic rings. The summed E-state index contributed by atoms with van der Waals surface area (Å²) in [5, 5.41) is 16.5. The third kappa shape index (κ3) is 25.2. The van der Waals surface area contributed by atoms with Crippen molar-refractivity contribution in [3.63, 3.8) is 0 Å². The van der Waals surface area contributed by atoms with Crippen LogP contribution in [-0.4, -0.2) is 64.6 Å². The number of carboxylic acids is 2. The van der Waals surface area contributed by atoms with Gasteiger partial charge in [-0.05, 0) is 39.9 Å². The summed E-state index contributed by atoms with van der Waals surface area (Å²) in [6.07, 6.45) is 6.39. The van der Waals surface area contributed by atoms with Crippen LogP contribution in [-0.2, 0) is 14.4 Å². The predicted molar refractivity (Wildman–Crippen MR) is 105 cm³/mol. The first-order valence-electron chi connectivity index (χ1n) is 8.04. The van der Waals surface area contributed by atoms with Crippen LogP contribution in [0.1, 0.15) is 39.0 Å². The highest BCUT2D eigenvalue weighted by atomic mass is 33.1. The first-order chi connectivity index (χ1) is 11.7. The number of carbonyl (C=O) groups is 3. The fourth-order valence-corrected chi connectivity index (χ4v) is 4.41. The van der Waals surface area contributed by atoms with Crippen molar-refractivity contribution >= 4 is 39.4 Å². The number of amides is 1. The second kappa shape index (κ2) is 17.6. The molecule has 1 atom stereocenters. The number of nitrogens with zero attached hydrogens (tertiary/aromatic N) is 1. The minimum Gasteiger partial charge on any atom is -0.478 e. The Balaban J connectivity index is 0. The van der Waals surface area contributed by atoms with Gasteiger partial charge in [0.1, 0.15) is 0 Å². The SMILES string of the molecule is CCN(C)C.NC(=O)CCCC[C@@H]1CCSS1.O=C(O)/C=C\C(=O)O. The highest BCUT2D eigenvalue weighted by molar-refractivity contribution is 8.77. The molecule has 1 heterocycles. The van der Waals surface area contributed by atoms with Gasteiger partial charge in [0, 0.05) is 29.6 Å². The number of carbonyl (C=O) groups excluding carboxylic acids is 1. The van der Waals surface area contributed by atoms with Crippen molar-refractivity contribution in [2.75, 3.05) is 26.4 Å². The van der Waals surface area contributed by atoms with E-state index in [9.17, 15) is 14.4 Å². The smallest absolute Gasteiger partial charge is 0.328 e. The summed E-state index contributed by atoms with van der Waals surface area (Å²) in [5.74, 6) is -1.38. The Bertz CT molecular complexity index is 395. The molecule has 25 heavy (non-hydrogen) atoms. The van der Waals surface area contributed by atoms with E-state index in [1.54, 1.807) is 0 Å². The zero-order valence-corrected chi connectivity index (χ0v) is 16.8. The number of carboxylic acid groups (broad SMARTS) is 2. The van der Waals surface area contributed by atoms with Crippen LogP contribution < -0.4 is 5.73 Å². The zero-order valence-electron chi connectivity index (χ0n) is 15.1. The van der Waals surface area contributed by atoms with E-state index in [0.29, 0.717) is 18.6 Å². The van der Waals surface area contributed by atoms with Crippen LogP contribution >= 0.6 is 21.6 Å². The Morgan fingerprint density at radius 1 is 1.16 bits per heavy atom. The number of nitrogens with two attached hydrogens (primary N) is 1. The normalized spacial score (nSPS) is 15.9. The second-order valence-corrected chi connectivity index (χ2v) is 8.23. The summed E-state index contributed by atoms with van der Waals surface area (Å²) in [6.45, 7) is 3.26. The molecule has 0 aromatic heterocycles. The maximum Gasteiger partial charge on any atom is 0.328 e. The maximum absolute atomic E-state index is 10.4. The Kier molecular flexibility index (Phi) is 18.4. The molecule has 0 saturated carbocycles. The minimum atomic E-state index is -1.26. The number of primary amides is 1. The molecule has 0 radical (unpaired) electrons. The van der Waals surface area contributed by atoms with Crippen LogP contribution in [0.25, 0.3) is 0 Å². The highest BCUT2D eigenvalue weighted by Crippen LogP contribution is 2.39. The number of aliphatic carboxylic acids is 2. The van der Waals surface area contributed by atoms with Gasteiger partial charge in [-0.1, -0.05) is 34.9 Å². The fraction of sp³-hybridized carbons (Fsp3) is 0.688. The lowest BCUT2D eigenvalue weighted by atomic mass is 10.1. The summed E-state index contributed by atoms with van der Waals surface area (Å²) in [6, 6.07) is 0. The molecular formula is C16H30N2O5S2. The van der Waals surface area contributed by atoms with Gasteiger partial charge in [-0.2, -0.15) is 0 Å². The van der Waals surface area contributed by atoms with Gasteiger partial charge >= 0.3 is 11.9 Å². The molecule has 0 bridgehead atoms. The van der Waals surface area contributed by atoms with Crippen LogP contribution in [0.15, 0.2) is 12.2 Å². The van der Waals surface area contributed by atoms with E-state index in [1.807, 2.05) is 21.6 Å². The van der Waals surface area contributed by atoms with Crippen molar-refractivity contribution in [2.24, 2.45) is 5.73 Å². The monoisotopic (exact) mass is 394 g/mol. The molecular weight excluding hydrogens is 364 g/mol. The first-order valence-corrected chi connectivity index (χ1v) is 10.4. The number of rotatable bonds is 8. The maximum atomic E-state index is 10.4. The summed E-state index contributed by atoms with van der Waals surface area (Å²) in [4.78, 5) is 31.6. The predicted octanol–water partition coefficient (Wildman–Crippen LogP) is 2.47. The summed E-state index contributed by atoms with van der Waals surface area (Å²) in [7, 11) is 8.08. The molecule has 1 aliphatic heterocycles. The van der Waals surface area contributed by atoms with Crippen LogP contribution in [0.2, 0.25) is 0 Å². The van der Waals surface area contributed by atoms with Crippen LogP contribution in [0.5, 0.6) is 0 Å². The molecule has 1 amide bonds. The molecule has 1 saturated heterocycles. The lowest BCUT2D eigenvalue weighted by Gasteiger charge is -2.05. The van der Waals surface area contributed by atoms with E-state index in [4.69, 9.17) is 15.9 Å². The molecule has 4 N–H and O–H groups in total. The van der Waals surface area contributed by atoms with Gasteiger partial charge in [0.15, 0.2) is 0 Å². The van der Waals surface area contributed by atoms with Crippen molar-refractivity contribution in [3.05, 3.63) is 12.2 Å². The largest absolute Gasteiger partial charge is 0.478 e. The van der Waals surface area contributed by atoms with Gasteiger partial charge < -0.3 is 20.8 Å². The van der Waals surface area contributed by atoms with Crippen molar-refractivity contribution in [1.82, 2.24) is 4.90 Å². The molecule has 146 valence electrons. The lowest BCUT2D eigenvalue weighted by Crippen LogP contribution is -2.10. The van der Waals surface area contributed by atoms with Gasteiger partial charge in [0.05, 0.1) is 0 Å². The first kappa shape index (κ1) is 26.0. The van der Waals surface area contributed by atoms with Crippen LogP contribution in [0.4, 0.5) is 0 Å². The van der Waals surface area contributed by atoms with Crippen LogP contribution in [0.3, 0.4) is 0 Å². The van der Waals surface area contributed by atoms with E-state index in [2.05, 4.69) is 25.9 Å². The Morgan fingerprint density at radius 2 is 1.68 bits per heavy atom. The number of hydrogen-bond acceptors (Lipinski definition) is 6. The quantitative estimate of drug-likeness (QED) is 0.326. The van der Waals surface area contributed by atoms with Gasteiger partial charge in [0.25, 0.3) is 0 Å². The average molecular weight is 395 g/mol.